The summed E-state index contributed by atoms with van der Waals surface area (Å²) in [7, 11) is 0. The van der Waals surface area contributed by atoms with Crippen molar-refractivity contribution < 1.29 is 23.8 Å². The molecule has 0 saturated heterocycles. The molecule has 0 aromatic rings. The third kappa shape index (κ3) is 7.48. The summed E-state index contributed by atoms with van der Waals surface area (Å²) in [4.78, 5) is 23.0. The van der Waals surface area contributed by atoms with Gasteiger partial charge in [-0.25, -0.2) is 4.79 Å². The first-order valence-electron chi connectivity index (χ1n) is 7.23. The number of unbranched alkanes of at least 4 members (excludes halogenated alkanes) is 1. The maximum atomic E-state index is 11.8. The molecule has 0 heterocycles. The zero-order valence-corrected chi connectivity index (χ0v) is 13.4. The highest BCUT2D eigenvalue weighted by atomic mass is 16.6. The predicted octanol–water partition coefficient (Wildman–Crippen LogP) is 2.57. The first-order chi connectivity index (χ1) is 9.32. The minimum absolute atomic E-state index is 0.102. The standard InChI is InChI=1S/C15H28O5/c1-6-7-8-19-13(16)11-18-9-10-20-14(17)15(4,5)12(2)3/h12H,6-11H2,1-5H3. The smallest absolute Gasteiger partial charge is 0.332 e. The summed E-state index contributed by atoms with van der Waals surface area (Å²) in [5.41, 5.74) is -0.515. The summed E-state index contributed by atoms with van der Waals surface area (Å²) in [5, 5.41) is 0. The molecule has 0 atom stereocenters. The molecule has 20 heavy (non-hydrogen) atoms. The topological polar surface area (TPSA) is 61.8 Å². The van der Waals surface area contributed by atoms with Gasteiger partial charge < -0.3 is 14.2 Å². The first kappa shape index (κ1) is 18.9. The molecule has 0 amide bonds. The van der Waals surface area contributed by atoms with Gasteiger partial charge in [0.25, 0.3) is 0 Å². The summed E-state index contributed by atoms with van der Waals surface area (Å²) < 4.78 is 15.2. The van der Waals surface area contributed by atoms with Crippen LogP contribution in [0.3, 0.4) is 0 Å². The van der Waals surface area contributed by atoms with Gasteiger partial charge in [0.1, 0.15) is 13.2 Å². The minimum atomic E-state index is -0.515. The number of carbonyl (C=O) groups excluding carboxylic acids is 2. The van der Waals surface area contributed by atoms with Crippen molar-refractivity contribution in [1.29, 1.82) is 0 Å². The van der Waals surface area contributed by atoms with Crippen LogP contribution < -0.4 is 0 Å². The van der Waals surface area contributed by atoms with E-state index < -0.39 is 5.41 Å². The number of carbonyl (C=O) groups is 2. The summed E-state index contributed by atoms with van der Waals surface area (Å²) in [5.74, 6) is -0.432. The number of esters is 2. The monoisotopic (exact) mass is 288 g/mol. The molecule has 0 spiro atoms. The van der Waals surface area contributed by atoms with Crippen LogP contribution in [0.25, 0.3) is 0 Å². The predicted molar refractivity (Wildman–Crippen MR) is 76.3 cm³/mol. The van der Waals surface area contributed by atoms with Gasteiger partial charge in [0.15, 0.2) is 0 Å². The van der Waals surface area contributed by atoms with Gasteiger partial charge in [-0.05, 0) is 26.2 Å². The van der Waals surface area contributed by atoms with Gasteiger partial charge >= 0.3 is 11.9 Å². The van der Waals surface area contributed by atoms with Crippen LogP contribution in [-0.2, 0) is 23.8 Å². The molecular weight excluding hydrogens is 260 g/mol. The first-order valence-corrected chi connectivity index (χ1v) is 7.23. The third-order valence-corrected chi connectivity index (χ3v) is 3.41. The molecule has 0 aliphatic heterocycles. The van der Waals surface area contributed by atoms with Gasteiger partial charge in [0, 0.05) is 0 Å². The average Bonchev–Trinajstić information content (AvgIpc) is 2.38. The molecule has 0 radical (unpaired) electrons. The van der Waals surface area contributed by atoms with E-state index in [9.17, 15) is 9.59 Å². The fourth-order valence-electron chi connectivity index (χ4n) is 1.14. The van der Waals surface area contributed by atoms with E-state index in [2.05, 4.69) is 0 Å². The summed E-state index contributed by atoms with van der Waals surface area (Å²) in [6.45, 7) is 10.4. The highest BCUT2D eigenvalue weighted by Crippen LogP contribution is 2.27. The Morgan fingerprint density at radius 1 is 1.05 bits per heavy atom. The highest BCUT2D eigenvalue weighted by molar-refractivity contribution is 5.76. The molecule has 0 aromatic heterocycles. The average molecular weight is 288 g/mol. The van der Waals surface area contributed by atoms with Gasteiger partial charge in [-0.1, -0.05) is 27.2 Å². The van der Waals surface area contributed by atoms with Crippen molar-refractivity contribution in [3.05, 3.63) is 0 Å². The van der Waals surface area contributed by atoms with Crippen LogP contribution in [0.1, 0.15) is 47.5 Å². The maximum absolute atomic E-state index is 11.8. The van der Waals surface area contributed by atoms with Crippen molar-refractivity contribution in [2.45, 2.75) is 47.5 Å². The maximum Gasteiger partial charge on any atom is 0.332 e. The van der Waals surface area contributed by atoms with Crippen LogP contribution in [0.4, 0.5) is 0 Å². The van der Waals surface area contributed by atoms with Crippen LogP contribution >= 0.6 is 0 Å². The second-order valence-electron chi connectivity index (χ2n) is 5.64. The van der Waals surface area contributed by atoms with Gasteiger partial charge in [0.05, 0.1) is 18.6 Å². The lowest BCUT2D eigenvalue weighted by Crippen LogP contribution is -2.32. The van der Waals surface area contributed by atoms with Gasteiger partial charge in [-0.15, -0.1) is 0 Å². The lowest BCUT2D eigenvalue weighted by atomic mass is 9.81. The molecule has 0 aliphatic carbocycles. The van der Waals surface area contributed by atoms with Crippen LogP contribution in [0.2, 0.25) is 0 Å². The summed E-state index contributed by atoms with van der Waals surface area (Å²) >= 11 is 0. The zero-order valence-electron chi connectivity index (χ0n) is 13.4. The second-order valence-corrected chi connectivity index (χ2v) is 5.64. The molecule has 0 bridgehead atoms. The van der Waals surface area contributed by atoms with Crippen molar-refractivity contribution in [2.75, 3.05) is 26.4 Å². The molecule has 0 unspecified atom stereocenters. The Morgan fingerprint density at radius 3 is 2.25 bits per heavy atom. The molecule has 0 aromatic carbocycles. The van der Waals surface area contributed by atoms with E-state index in [1.165, 1.54) is 0 Å². The molecule has 5 heteroatoms. The van der Waals surface area contributed by atoms with Gasteiger partial charge in [-0.3, -0.25) is 4.79 Å². The Balaban J connectivity index is 3.67. The lowest BCUT2D eigenvalue weighted by molar-refractivity contribution is -0.159. The fraction of sp³-hybridized carbons (Fsp3) is 0.867. The summed E-state index contributed by atoms with van der Waals surface area (Å²) in [6.07, 6.45) is 1.84. The Morgan fingerprint density at radius 2 is 1.70 bits per heavy atom. The Labute approximate surface area is 122 Å². The van der Waals surface area contributed by atoms with Crippen LogP contribution in [-0.4, -0.2) is 38.4 Å². The Kier molecular flexibility index (Phi) is 9.21. The number of rotatable bonds is 10. The van der Waals surface area contributed by atoms with E-state index in [1.54, 1.807) is 0 Å². The largest absolute Gasteiger partial charge is 0.464 e. The minimum Gasteiger partial charge on any atom is -0.464 e. The SMILES string of the molecule is CCCCOC(=O)COCCOC(=O)C(C)(C)C(C)C. The number of hydrogen-bond acceptors (Lipinski definition) is 5. The lowest BCUT2D eigenvalue weighted by Gasteiger charge is -2.26. The molecule has 5 nitrogen and oxygen atoms in total. The van der Waals surface area contributed by atoms with Crippen molar-refractivity contribution >= 4 is 11.9 Å². The summed E-state index contributed by atoms with van der Waals surface area (Å²) in [6, 6.07) is 0. The van der Waals surface area contributed by atoms with E-state index in [1.807, 2.05) is 34.6 Å². The quantitative estimate of drug-likeness (QED) is 0.457. The van der Waals surface area contributed by atoms with Crippen LogP contribution in [0, 0.1) is 11.3 Å². The number of hydrogen-bond donors (Lipinski definition) is 0. The zero-order chi connectivity index (χ0) is 15.6. The molecule has 0 aliphatic rings. The van der Waals surface area contributed by atoms with Gasteiger partial charge in [0.2, 0.25) is 0 Å². The van der Waals surface area contributed by atoms with Crippen molar-refractivity contribution in [3.63, 3.8) is 0 Å². The second kappa shape index (κ2) is 9.75. The molecule has 118 valence electrons. The highest BCUT2D eigenvalue weighted by Gasteiger charge is 2.32. The normalized spacial score (nSPS) is 11.5. The van der Waals surface area contributed by atoms with Crippen molar-refractivity contribution in [1.82, 2.24) is 0 Å². The Hall–Kier alpha value is -1.10. The number of ether oxygens (including phenoxy) is 3. The van der Waals surface area contributed by atoms with Crippen LogP contribution in [0.5, 0.6) is 0 Å². The molecule has 0 N–H and O–H groups in total. The van der Waals surface area contributed by atoms with E-state index in [0.717, 1.165) is 12.8 Å². The Bertz CT molecular complexity index is 297. The van der Waals surface area contributed by atoms with E-state index in [4.69, 9.17) is 14.2 Å². The van der Waals surface area contributed by atoms with Gasteiger partial charge in [-0.2, -0.15) is 0 Å². The molecule has 0 saturated carbocycles. The van der Waals surface area contributed by atoms with Crippen LogP contribution in [0.15, 0.2) is 0 Å². The van der Waals surface area contributed by atoms with Crippen molar-refractivity contribution in [2.24, 2.45) is 11.3 Å². The van der Waals surface area contributed by atoms with Crippen molar-refractivity contribution in [3.8, 4) is 0 Å². The third-order valence-electron chi connectivity index (χ3n) is 3.41. The van der Waals surface area contributed by atoms with E-state index in [0.29, 0.717) is 6.61 Å². The van der Waals surface area contributed by atoms with E-state index in [-0.39, 0.29) is 37.7 Å². The van der Waals surface area contributed by atoms with E-state index >= 15 is 0 Å². The fourth-order valence-corrected chi connectivity index (χ4v) is 1.14. The molecular formula is C15H28O5. The molecule has 0 fully saturated rings. The molecule has 0 rings (SSSR count).